The summed E-state index contributed by atoms with van der Waals surface area (Å²) in [6.07, 6.45) is 2.21. The van der Waals surface area contributed by atoms with Crippen molar-refractivity contribution in [2.75, 3.05) is 25.0 Å². The fourth-order valence-electron chi connectivity index (χ4n) is 2.15. The molecule has 116 valence electrons. The lowest BCUT2D eigenvalue weighted by Crippen LogP contribution is -2.33. The van der Waals surface area contributed by atoms with Crippen molar-refractivity contribution < 1.29 is 9.72 Å². The monoisotopic (exact) mass is 293 g/mol. The van der Waals surface area contributed by atoms with Gasteiger partial charge in [-0.3, -0.25) is 14.9 Å². The number of amides is 1. The summed E-state index contributed by atoms with van der Waals surface area (Å²) in [4.78, 5) is 24.4. The third kappa shape index (κ3) is 5.41. The van der Waals surface area contributed by atoms with Crippen molar-refractivity contribution in [3.8, 4) is 0 Å². The van der Waals surface area contributed by atoms with Crippen LogP contribution in [0.25, 0.3) is 0 Å². The standard InChI is InChI=1S/C15H23N3O3/c1-3-11-17(12-4-2)15(19)9-10-16-13-7-5-6-8-14(13)18(20)21/h5-8,16H,3-4,9-12H2,1-2H3. The second kappa shape index (κ2) is 8.94. The molecule has 0 atom stereocenters. The normalized spacial score (nSPS) is 10.2. The van der Waals surface area contributed by atoms with E-state index in [0.717, 1.165) is 25.9 Å². The van der Waals surface area contributed by atoms with Gasteiger partial charge in [0.2, 0.25) is 5.91 Å². The van der Waals surface area contributed by atoms with Crippen molar-refractivity contribution in [1.82, 2.24) is 4.90 Å². The van der Waals surface area contributed by atoms with Crippen molar-refractivity contribution in [2.45, 2.75) is 33.1 Å². The van der Waals surface area contributed by atoms with Gasteiger partial charge in [-0.2, -0.15) is 0 Å². The number of anilines is 1. The first kappa shape index (κ1) is 16.9. The summed E-state index contributed by atoms with van der Waals surface area (Å²) < 4.78 is 0. The molecule has 21 heavy (non-hydrogen) atoms. The molecule has 1 aromatic carbocycles. The van der Waals surface area contributed by atoms with Gasteiger partial charge in [0.15, 0.2) is 0 Å². The van der Waals surface area contributed by atoms with Crippen LogP contribution in [0.1, 0.15) is 33.1 Å². The number of nitro groups is 1. The Balaban J connectivity index is 2.53. The average Bonchev–Trinajstić information content (AvgIpc) is 2.47. The third-order valence-electron chi connectivity index (χ3n) is 3.09. The number of benzene rings is 1. The molecule has 1 amide bonds. The predicted molar refractivity (Wildman–Crippen MR) is 83.4 cm³/mol. The molecular formula is C15H23N3O3. The number of carbonyl (C=O) groups is 1. The molecular weight excluding hydrogens is 270 g/mol. The van der Waals surface area contributed by atoms with Gasteiger partial charge in [0.25, 0.3) is 5.69 Å². The van der Waals surface area contributed by atoms with Gasteiger partial charge < -0.3 is 10.2 Å². The minimum absolute atomic E-state index is 0.0314. The molecule has 0 heterocycles. The summed E-state index contributed by atoms with van der Waals surface area (Å²) in [5.41, 5.74) is 0.483. The predicted octanol–water partition coefficient (Wildman–Crippen LogP) is 3.05. The van der Waals surface area contributed by atoms with Gasteiger partial charge in [0.05, 0.1) is 4.92 Å². The Bertz CT molecular complexity index is 471. The molecule has 0 spiro atoms. The Hall–Kier alpha value is -2.11. The number of rotatable bonds is 9. The Morgan fingerprint density at radius 2 is 1.86 bits per heavy atom. The molecule has 0 saturated carbocycles. The van der Waals surface area contributed by atoms with Gasteiger partial charge in [-0.1, -0.05) is 26.0 Å². The molecule has 0 aliphatic carbocycles. The number of carbonyl (C=O) groups excluding carboxylic acids is 1. The van der Waals surface area contributed by atoms with Crippen LogP contribution < -0.4 is 5.32 Å². The first-order valence-corrected chi connectivity index (χ1v) is 7.35. The van der Waals surface area contributed by atoms with E-state index in [0.29, 0.717) is 18.7 Å². The minimum Gasteiger partial charge on any atom is -0.379 e. The number of para-hydroxylation sites is 2. The van der Waals surface area contributed by atoms with Crippen molar-refractivity contribution >= 4 is 17.3 Å². The molecule has 0 aliphatic rings. The molecule has 1 N–H and O–H groups in total. The molecule has 1 aromatic rings. The third-order valence-corrected chi connectivity index (χ3v) is 3.09. The number of nitrogens with one attached hydrogen (secondary N) is 1. The van der Waals surface area contributed by atoms with Crippen LogP contribution in [0.15, 0.2) is 24.3 Å². The van der Waals surface area contributed by atoms with Crippen LogP contribution in [0.5, 0.6) is 0 Å². The van der Waals surface area contributed by atoms with Crippen LogP contribution in [-0.4, -0.2) is 35.4 Å². The molecule has 0 saturated heterocycles. The second-order valence-corrected chi connectivity index (χ2v) is 4.83. The van der Waals surface area contributed by atoms with Gasteiger partial charge in [0, 0.05) is 32.1 Å². The topological polar surface area (TPSA) is 75.5 Å². The first-order chi connectivity index (χ1) is 10.1. The zero-order valence-electron chi connectivity index (χ0n) is 12.7. The summed E-state index contributed by atoms with van der Waals surface area (Å²) in [7, 11) is 0. The van der Waals surface area contributed by atoms with Crippen LogP contribution in [0, 0.1) is 10.1 Å². The quantitative estimate of drug-likeness (QED) is 0.561. The zero-order chi connectivity index (χ0) is 15.7. The van der Waals surface area contributed by atoms with Crippen LogP contribution >= 0.6 is 0 Å². The minimum atomic E-state index is -0.426. The highest BCUT2D eigenvalue weighted by molar-refractivity contribution is 5.77. The lowest BCUT2D eigenvalue weighted by atomic mass is 10.2. The smallest absolute Gasteiger partial charge is 0.292 e. The molecule has 0 aliphatic heterocycles. The number of hydrogen-bond donors (Lipinski definition) is 1. The van der Waals surface area contributed by atoms with Gasteiger partial charge in [-0.25, -0.2) is 0 Å². The van der Waals surface area contributed by atoms with E-state index >= 15 is 0 Å². The maximum absolute atomic E-state index is 12.1. The van der Waals surface area contributed by atoms with E-state index in [1.807, 2.05) is 18.7 Å². The molecule has 0 bridgehead atoms. The summed E-state index contributed by atoms with van der Waals surface area (Å²) in [5, 5.41) is 13.9. The highest BCUT2D eigenvalue weighted by Crippen LogP contribution is 2.22. The maximum atomic E-state index is 12.1. The van der Waals surface area contributed by atoms with Gasteiger partial charge in [-0.15, -0.1) is 0 Å². The molecule has 6 nitrogen and oxygen atoms in total. The molecule has 6 heteroatoms. The highest BCUT2D eigenvalue weighted by atomic mass is 16.6. The van der Waals surface area contributed by atoms with Gasteiger partial charge in [-0.05, 0) is 18.9 Å². The van der Waals surface area contributed by atoms with Crippen molar-refractivity contribution in [2.24, 2.45) is 0 Å². The Kier molecular flexibility index (Phi) is 7.21. The number of nitro benzene ring substituents is 1. The number of hydrogen-bond acceptors (Lipinski definition) is 4. The first-order valence-electron chi connectivity index (χ1n) is 7.35. The van der Waals surface area contributed by atoms with Crippen LogP contribution in [0.3, 0.4) is 0 Å². The highest BCUT2D eigenvalue weighted by Gasteiger charge is 2.14. The average molecular weight is 293 g/mol. The van der Waals surface area contributed by atoms with Crippen molar-refractivity contribution in [3.63, 3.8) is 0 Å². The SMILES string of the molecule is CCCN(CCC)C(=O)CCNc1ccccc1[N+](=O)[O-]. The Morgan fingerprint density at radius 1 is 1.24 bits per heavy atom. The second-order valence-electron chi connectivity index (χ2n) is 4.83. The van der Waals surface area contributed by atoms with Gasteiger partial charge >= 0.3 is 0 Å². The lowest BCUT2D eigenvalue weighted by Gasteiger charge is -2.21. The van der Waals surface area contributed by atoms with Gasteiger partial charge in [0.1, 0.15) is 5.69 Å². The van der Waals surface area contributed by atoms with Crippen LogP contribution in [-0.2, 0) is 4.79 Å². The molecule has 1 rings (SSSR count). The van der Waals surface area contributed by atoms with E-state index in [9.17, 15) is 14.9 Å². The fraction of sp³-hybridized carbons (Fsp3) is 0.533. The lowest BCUT2D eigenvalue weighted by molar-refractivity contribution is -0.384. The number of nitrogens with zero attached hydrogens (tertiary/aromatic N) is 2. The maximum Gasteiger partial charge on any atom is 0.292 e. The van der Waals surface area contributed by atoms with Crippen molar-refractivity contribution in [3.05, 3.63) is 34.4 Å². The summed E-state index contributed by atoms with van der Waals surface area (Å²) >= 11 is 0. The van der Waals surface area contributed by atoms with E-state index in [-0.39, 0.29) is 11.6 Å². The van der Waals surface area contributed by atoms with E-state index in [2.05, 4.69) is 5.32 Å². The van der Waals surface area contributed by atoms with Crippen LogP contribution in [0.4, 0.5) is 11.4 Å². The largest absolute Gasteiger partial charge is 0.379 e. The zero-order valence-corrected chi connectivity index (χ0v) is 12.7. The van der Waals surface area contributed by atoms with Crippen molar-refractivity contribution in [1.29, 1.82) is 0 Å². The fourth-order valence-corrected chi connectivity index (χ4v) is 2.15. The molecule has 0 fully saturated rings. The van der Waals surface area contributed by atoms with E-state index in [1.165, 1.54) is 6.07 Å². The van der Waals surface area contributed by atoms with E-state index in [1.54, 1.807) is 18.2 Å². The molecule has 0 unspecified atom stereocenters. The summed E-state index contributed by atoms with van der Waals surface area (Å²) in [6, 6.07) is 6.46. The Morgan fingerprint density at radius 3 is 2.43 bits per heavy atom. The molecule has 0 aromatic heterocycles. The van der Waals surface area contributed by atoms with Crippen LogP contribution in [0.2, 0.25) is 0 Å². The van der Waals surface area contributed by atoms with E-state index in [4.69, 9.17) is 0 Å². The summed E-state index contributed by atoms with van der Waals surface area (Å²) in [5.74, 6) is 0.0878. The molecule has 0 radical (unpaired) electrons. The summed E-state index contributed by atoms with van der Waals surface area (Å²) in [6.45, 7) is 6.01. The van der Waals surface area contributed by atoms with E-state index < -0.39 is 4.92 Å². The Labute approximate surface area is 125 Å².